The Morgan fingerprint density at radius 2 is 1.86 bits per heavy atom. The zero-order chi connectivity index (χ0) is 31.5. The van der Waals surface area contributed by atoms with Crippen molar-refractivity contribution in [2.45, 2.75) is 39.7 Å². The molecule has 0 unspecified atom stereocenters. The molecule has 0 spiro atoms. The first-order chi connectivity index (χ1) is 21.3. The average Bonchev–Trinajstić information content (AvgIpc) is 3.46. The molecular weight excluding hydrogens is 566 g/mol. The van der Waals surface area contributed by atoms with E-state index in [9.17, 15) is 14.4 Å². The lowest BCUT2D eigenvalue weighted by Gasteiger charge is -2.21. The van der Waals surface area contributed by atoms with Crippen LogP contribution in [-0.4, -0.2) is 59.2 Å². The highest BCUT2D eigenvalue weighted by molar-refractivity contribution is 6.04. The van der Waals surface area contributed by atoms with Gasteiger partial charge in [-0.2, -0.15) is 0 Å². The molecule has 0 bridgehead atoms. The number of esters is 1. The summed E-state index contributed by atoms with van der Waals surface area (Å²) in [7, 11) is 1.29. The summed E-state index contributed by atoms with van der Waals surface area (Å²) >= 11 is 0. The number of hydrogen-bond acceptors (Lipinski definition) is 10. The summed E-state index contributed by atoms with van der Waals surface area (Å²) in [6, 6.07) is 15.6. The second-order valence-corrected chi connectivity index (χ2v) is 9.72. The molecule has 4 N–H and O–H groups in total. The monoisotopic (exact) mass is 601 g/mol. The van der Waals surface area contributed by atoms with Gasteiger partial charge < -0.3 is 24.5 Å². The van der Waals surface area contributed by atoms with Gasteiger partial charge in [0.25, 0.3) is 0 Å². The van der Waals surface area contributed by atoms with E-state index >= 15 is 0 Å². The van der Waals surface area contributed by atoms with Crippen LogP contribution in [0.3, 0.4) is 0 Å². The number of imidazole rings is 1. The molecular formula is C31H35N7O6. The van der Waals surface area contributed by atoms with Crippen molar-refractivity contribution in [3.8, 4) is 5.75 Å². The van der Waals surface area contributed by atoms with Crippen molar-refractivity contribution in [3.63, 3.8) is 0 Å². The van der Waals surface area contributed by atoms with Crippen LogP contribution in [0.15, 0.2) is 60.8 Å². The van der Waals surface area contributed by atoms with Crippen LogP contribution < -0.4 is 20.3 Å². The lowest BCUT2D eigenvalue weighted by Crippen LogP contribution is -2.36. The first kappa shape index (κ1) is 31.5. The first-order valence-electron chi connectivity index (χ1n) is 14.1. The standard InChI is InChI=1S/C31H35N7O6/c1-4-5-18-43-30(40)37-29(32)21-9-11-22(12-10-21)34-19-25-35-23-13-14-24(20(2)28(23)36-25)44-31(41)38(17-15-27(39)42-3)26-8-6-7-16-33-26/h6-14,16,34H,4-5,15,17-19H2,1-3H3,(H,35,36)(H2,32,37,40). The number of amidine groups is 1. The number of nitrogens with zero attached hydrogens (tertiary/aromatic N) is 3. The van der Waals surface area contributed by atoms with Gasteiger partial charge in [0.2, 0.25) is 0 Å². The molecule has 13 heteroatoms. The predicted octanol–water partition coefficient (Wildman–Crippen LogP) is 5.30. The van der Waals surface area contributed by atoms with Gasteiger partial charge in [-0.15, -0.1) is 0 Å². The number of anilines is 2. The van der Waals surface area contributed by atoms with Crippen molar-refractivity contribution in [1.29, 1.82) is 5.41 Å². The molecule has 0 fully saturated rings. The van der Waals surface area contributed by atoms with Gasteiger partial charge >= 0.3 is 18.2 Å². The number of rotatable bonds is 12. The van der Waals surface area contributed by atoms with Crippen LogP contribution in [0.4, 0.5) is 21.1 Å². The fraction of sp³-hybridized carbons (Fsp3) is 0.290. The maximum Gasteiger partial charge on any atom is 0.420 e. The van der Waals surface area contributed by atoms with E-state index in [0.29, 0.717) is 47.2 Å². The minimum absolute atomic E-state index is 0.0220. The van der Waals surface area contributed by atoms with E-state index < -0.39 is 18.2 Å². The van der Waals surface area contributed by atoms with Crippen LogP contribution in [0.5, 0.6) is 5.75 Å². The van der Waals surface area contributed by atoms with E-state index in [0.717, 1.165) is 24.0 Å². The normalized spacial score (nSPS) is 10.6. The van der Waals surface area contributed by atoms with Crippen molar-refractivity contribution in [3.05, 3.63) is 77.7 Å². The summed E-state index contributed by atoms with van der Waals surface area (Å²) in [4.78, 5) is 50.2. The number of H-pyrrole nitrogens is 1. The second kappa shape index (κ2) is 15.1. The lowest BCUT2D eigenvalue weighted by atomic mass is 10.2. The fourth-order valence-corrected chi connectivity index (χ4v) is 4.17. The van der Waals surface area contributed by atoms with Crippen molar-refractivity contribution < 1.29 is 28.6 Å². The molecule has 0 aliphatic heterocycles. The highest BCUT2D eigenvalue weighted by atomic mass is 16.6. The summed E-state index contributed by atoms with van der Waals surface area (Å²) in [5, 5.41) is 13.8. The van der Waals surface area contributed by atoms with Crippen LogP contribution in [0, 0.1) is 12.3 Å². The SMILES string of the molecule is CCCCOC(=O)NC(=N)c1ccc(NCc2nc3c(C)c(OC(=O)N(CCC(=O)OC)c4ccccn4)ccc3[nH]2)cc1. The Morgan fingerprint density at radius 1 is 1.07 bits per heavy atom. The lowest BCUT2D eigenvalue weighted by molar-refractivity contribution is -0.140. The molecule has 2 heterocycles. The van der Waals surface area contributed by atoms with Crippen LogP contribution in [0.1, 0.15) is 43.1 Å². The summed E-state index contributed by atoms with van der Waals surface area (Å²) in [5.74, 6) is 0.830. The van der Waals surface area contributed by atoms with Gasteiger partial charge in [-0.1, -0.05) is 19.4 Å². The quantitative estimate of drug-likeness (QED) is 0.0728. The fourth-order valence-electron chi connectivity index (χ4n) is 4.17. The number of ether oxygens (including phenoxy) is 3. The van der Waals surface area contributed by atoms with Gasteiger partial charge in [0, 0.05) is 29.6 Å². The van der Waals surface area contributed by atoms with Crippen LogP contribution in [0.25, 0.3) is 11.0 Å². The van der Waals surface area contributed by atoms with Crippen LogP contribution in [0.2, 0.25) is 0 Å². The number of aromatic amines is 1. The summed E-state index contributed by atoms with van der Waals surface area (Å²) in [6.45, 7) is 4.54. The molecule has 0 radical (unpaired) electrons. The number of benzene rings is 2. The zero-order valence-electron chi connectivity index (χ0n) is 24.8. The molecule has 0 saturated heterocycles. The van der Waals surface area contributed by atoms with Gasteiger partial charge in [-0.3, -0.25) is 20.4 Å². The third-order valence-corrected chi connectivity index (χ3v) is 6.61. The first-order valence-corrected chi connectivity index (χ1v) is 14.1. The molecule has 13 nitrogen and oxygen atoms in total. The predicted molar refractivity (Wildman–Crippen MR) is 165 cm³/mol. The van der Waals surface area contributed by atoms with E-state index in [-0.39, 0.29) is 18.8 Å². The summed E-state index contributed by atoms with van der Waals surface area (Å²) < 4.78 is 15.5. The van der Waals surface area contributed by atoms with Gasteiger partial charge in [0.05, 0.1) is 37.7 Å². The second-order valence-electron chi connectivity index (χ2n) is 9.72. The number of unbranched alkanes of at least 4 members (excludes halogenated alkanes) is 1. The smallest absolute Gasteiger partial charge is 0.420 e. The molecule has 0 saturated carbocycles. The van der Waals surface area contributed by atoms with Crippen molar-refractivity contribution in [1.82, 2.24) is 20.3 Å². The van der Waals surface area contributed by atoms with E-state index in [4.69, 9.17) is 19.6 Å². The number of methoxy groups -OCH3 is 1. The largest absolute Gasteiger partial charge is 0.469 e. The molecule has 4 rings (SSSR count). The minimum Gasteiger partial charge on any atom is -0.469 e. The number of nitrogens with one attached hydrogen (secondary N) is 4. The zero-order valence-corrected chi connectivity index (χ0v) is 24.8. The molecule has 44 heavy (non-hydrogen) atoms. The molecule has 4 aromatic rings. The molecule has 0 atom stereocenters. The van der Waals surface area contributed by atoms with Crippen LogP contribution in [-0.2, 0) is 20.8 Å². The maximum absolute atomic E-state index is 13.2. The van der Waals surface area contributed by atoms with E-state index in [1.807, 2.05) is 13.8 Å². The Morgan fingerprint density at radius 3 is 2.57 bits per heavy atom. The van der Waals surface area contributed by atoms with E-state index in [1.54, 1.807) is 60.8 Å². The number of carbonyl (C=O) groups is 3. The number of amides is 2. The Kier molecular flexibility index (Phi) is 10.8. The highest BCUT2D eigenvalue weighted by Crippen LogP contribution is 2.27. The number of aryl methyl sites for hydroxylation is 1. The summed E-state index contributed by atoms with van der Waals surface area (Å²) in [5.41, 5.74) is 3.41. The van der Waals surface area contributed by atoms with Gasteiger partial charge in [-0.25, -0.2) is 19.6 Å². The third-order valence-electron chi connectivity index (χ3n) is 6.61. The molecule has 0 aliphatic carbocycles. The minimum atomic E-state index is -0.687. The van der Waals surface area contributed by atoms with Crippen molar-refractivity contribution >= 4 is 46.5 Å². The molecule has 2 aromatic heterocycles. The molecule has 0 aliphatic rings. The topological polar surface area (TPSA) is 172 Å². The number of alkyl carbamates (subject to hydrolysis) is 1. The number of aromatic nitrogens is 3. The number of pyridine rings is 1. The average molecular weight is 602 g/mol. The number of hydrogen-bond donors (Lipinski definition) is 4. The van der Waals surface area contributed by atoms with Gasteiger partial charge in [0.1, 0.15) is 23.2 Å². The maximum atomic E-state index is 13.2. The Balaban J connectivity index is 1.38. The van der Waals surface area contributed by atoms with E-state index in [1.165, 1.54) is 12.0 Å². The summed E-state index contributed by atoms with van der Waals surface area (Å²) in [6.07, 6.45) is 1.88. The molecule has 2 aromatic carbocycles. The Bertz CT molecular complexity index is 1610. The van der Waals surface area contributed by atoms with Crippen LogP contribution >= 0.6 is 0 Å². The van der Waals surface area contributed by atoms with Gasteiger partial charge in [-0.05, 0) is 61.9 Å². The Hall–Kier alpha value is -5.46. The van der Waals surface area contributed by atoms with E-state index in [2.05, 4.69) is 25.6 Å². The van der Waals surface area contributed by atoms with Gasteiger partial charge in [0.15, 0.2) is 0 Å². The third kappa shape index (κ3) is 8.31. The molecule has 230 valence electrons. The number of fused-ring (bicyclic) bond motifs is 1. The van der Waals surface area contributed by atoms with Crippen molar-refractivity contribution in [2.75, 3.05) is 30.5 Å². The highest BCUT2D eigenvalue weighted by Gasteiger charge is 2.22. The molecule has 2 amide bonds. The van der Waals surface area contributed by atoms with Crippen molar-refractivity contribution in [2.24, 2.45) is 0 Å². The number of carbonyl (C=O) groups excluding carboxylic acids is 3. The Labute approximate surface area is 254 Å².